The van der Waals surface area contributed by atoms with Gasteiger partial charge in [-0.1, -0.05) is 54.4 Å². The van der Waals surface area contributed by atoms with Crippen LogP contribution in [0.2, 0.25) is 10.0 Å². The van der Waals surface area contributed by atoms with Gasteiger partial charge in [-0.25, -0.2) is 9.18 Å². The summed E-state index contributed by atoms with van der Waals surface area (Å²) in [6.45, 7) is 1.75. The Balaban J connectivity index is 2.45. The van der Waals surface area contributed by atoms with Crippen molar-refractivity contribution in [3.8, 4) is 0 Å². The van der Waals surface area contributed by atoms with Crippen molar-refractivity contribution in [1.29, 1.82) is 0 Å². The Labute approximate surface area is 163 Å². The van der Waals surface area contributed by atoms with Crippen LogP contribution >= 0.6 is 23.2 Å². The summed E-state index contributed by atoms with van der Waals surface area (Å²) < 4.78 is 53.9. The molecule has 0 bridgehead atoms. The molecule has 0 radical (unpaired) electrons. The van der Waals surface area contributed by atoms with Crippen molar-refractivity contribution < 1.29 is 27.5 Å². The number of carboxylic acid groups (broad SMARTS) is 1. The number of carboxylic acids is 1. The predicted octanol–water partition coefficient (Wildman–Crippen LogP) is 6.75. The van der Waals surface area contributed by atoms with E-state index in [1.165, 1.54) is 24.3 Å². The van der Waals surface area contributed by atoms with Crippen molar-refractivity contribution in [3.05, 3.63) is 74.5 Å². The van der Waals surface area contributed by atoms with E-state index < -0.39 is 33.9 Å². The highest BCUT2D eigenvalue weighted by Gasteiger charge is 2.39. The molecule has 2 rings (SSSR count). The summed E-state index contributed by atoms with van der Waals surface area (Å²) in [5.74, 6) is -4.15. The molecule has 2 nitrogen and oxygen atoms in total. The molecule has 0 aliphatic rings. The van der Waals surface area contributed by atoms with Crippen LogP contribution in [-0.4, -0.2) is 17.3 Å². The van der Waals surface area contributed by atoms with Crippen molar-refractivity contribution in [2.45, 2.75) is 25.4 Å². The van der Waals surface area contributed by atoms with E-state index in [9.17, 15) is 22.4 Å². The van der Waals surface area contributed by atoms with Gasteiger partial charge in [0.15, 0.2) is 5.82 Å². The Kier molecular flexibility index (Phi) is 6.54. The third kappa shape index (κ3) is 5.02. The zero-order chi connectivity index (χ0) is 20.4. The number of halogens is 6. The summed E-state index contributed by atoms with van der Waals surface area (Å²) in [6.07, 6.45) is -2.12. The summed E-state index contributed by atoms with van der Waals surface area (Å²) >= 11 is 11.2. The van der Waals surface area contributed by atoms with Gasteiger partial charge in [-0.2, -0.15) is 13.2 Å². The standard InChI is InChI=1S/C19H14Cl2F4O2/c1-2-11-7-10(3-5-13(11)18(26)27)4-6-14(19(23,24)25)12-8-15(20)17(22)16(21)9-12/h3-9,14H,2H2,1H3,(H,26,27)/t14-/m1/s1. The lowest BCUT2D eigenvalue weighted by Gasteiger charge is -2.18. The lowest BCUT2D eigenvalue weighted by atomic mass is 9.96. The molecule has 1 atom stereocenters. The lowest BCUT2D eigenvalue weighted by Crippen LogP contribution is -2.19. The molecule has 0 aromatic heterocycles. The maximum Gasteiger partial charge on any atom is 0.399 e. The van der Waals surface area contributed by atoms with Gasteiger partial charge in [0.1, 0.15) is 0 Å². The molecule has 2 aromatic rings. The second-order valence-electron chi connectivity index (χ2n) is 5.75. The van der Waals surface area contributed by atoms with E-state index in [1.54, 1.807) is 6.92 Å². The molecule has 0 spiro atoms. The van der Waals surface area contributed by atoms with E-state index in [1.807, 2.05) is 0 Å². The first-order chi connectivity index (χ1) is 12.5. The Morgan fingerprint density at radius 2 is 1.78 bits per heavy atom. The van der Waals surface area contributed by atoms with Crippen molar-refractivity contribution in [3.63, 3.8) is 0 Å². The molecule has 144 valence electrons. The topological polar surface area (TPSA) is 37.3 Å². The van der Waals surface area contributed by atoms with Gasteiger partial charge in [0.25, 0.3) is 0 Å². The number of aryl methyl sites for hydroxylation is 1. The molecule has 0 fully saturated rings. The maximum absolute atomic E-state index is 13.5. The summed E-state index contributed by atoms with van der Waals surface area (Å²) in [5, 5.41) is 8.11. The molecule has 0 heterocycles. The molecule has 0 saturated heterocycles. The average Bonchev–Trinajstić information content (AvgIpc) is 2.58. The van der Waals surface area contributed by atoms with Gasteiger partial charge in [0.2, 0.25) is 0 Å². The van der Waals surface area contributed by atoms with E-state index in [-0.39, 0.29) is 11.1 Å². The van der Waals surface area contributed by atoms with Crippen LogP contribution in [0.4, 0.5) is 17.6 Å². The molecule has 0 aliphatic carbocycles. The molecule has 2 aromatic carbocycles. The first-order valence-corrected chi connectivity index (χ1v) is 8.55. The van der Waals surface area contributed by atoms with Gasteiger partial charge in [-0.3, -0.25) is 0 Å². The zero-order valence-electron chi connectivity index (χ0n) is 13.9. The Bertz CT molecular complexity index is 869. The Morgan fingerprint density at radius 1 is 1.19 bits per heavy atom. The predicted molar refractivity (Wildman–Crippen MR) is 97.0 cm³/mol. The third-order valence-corrected chi connectivity index (χ3v) is 4.49. The zero-order valence-corrected chi connectivity index (χ0v) is 15.5. The molecule has 0 aliphatic heterocycles. The fraction of sp³-hybridized carbons (Fsp3) is 0.211. The van der Waals surface area contributed by atoms with Crippen LogP contribution in [0.1, 0.15) is 39.9 Å². The first kappa shape index (κ1) is 21.3. The van der Waals surface area contributed by atoms with E-state index in [4.69, 9.17) is 28.3 Å². The van der Waals surface area contributed by atoms with Gasteiger partial charge < -0.3 is 5.11 Å². The number of hydrogen-bond acceptors (Lipinski definition) is 1. The van der Waals surface area contributed by atoms with Crippen LogP contribution in [0, 0.1) is 5.82 Å². The van der Waals surface area contributed by atoms with Crippen LogP contribution < -0.4 is 0 Å². The number of benzene rings is 2. The fourth-order valence-corrected chi connectivity index (χ4v) is 3.09. The smallest absolute Gasteiger partial charge is 0.399 e. The van der Waals surface area contributed by atoms with Gasteiger partial charge >= 0.3 is 12.1 Å². The average molecular weight is 421 g/mol. The van der Waals surface area contributed by atoms with E-state index in [2.05, 4.69) is 0 Å². The summed E-state index contributed by atoms with van der Waals surface area (Å²) in [6, 6.07) is 6.04. The van der Waals surface area contributed by atoms with Crippen LogP contribution in [0.25, 0.3) is 6.08 Å². The second-order valence-corrected chi connectivity index (χ2v) is 6.57. The second kappa shape index (κ2) is 8.31. The van der Waals surface area contributed by atoms with Gasteiger partial charge in [-0.05, 0) is 41.3 Å². The molecular weight excluding hydrogens is 407 g/mol. The SMILES string of the molecule is CCc1cc(C=C[C@H](c2cc(Cl)c(F)c(Cl)c2)C(F)(F)F)ccc1C(=O)O. The molecular formula is C19H14Cl2F4O2. The molecule has 8 heteroatoms. The lowest BCUT2D eigenvalue weighted by molar-refractivity contribution is -0.139. The van der Waals surface area contributed by atoms with E-state index in [0.29, 0.717) is 17.5 Å². The summed E-state index contributed by atoms with van der Waals surface area (Å²) in [4.78, 5) is 11.1. The number of allylic oxidation sites excluding steroid dienone is 1. The number of alkyl halides is 3. The van der Waals surface area contributed by atoms with Crippen molar-refractivity contribution in [2.24, 2.45) is 0 Å². The van der Waals surface area contributed by atoms with Crippen molar-refractivity contribution in [1.82, 2.24) is 0 Å². The molecule has 0 amide bonds. The monoisotopic (exact) mass is 420 g/mol. The summed E-state index contributed by atoms with van der Waals surface area (Å²) in [7, 11) is 0. The molecule has 1 N–H and O–H groups in total. The number of carbonyl (C=O) groups is 1. The van der Waals surface area contributed by atoms with Crippen molar-refractivity contribution >= 4 is 35.2 Å². The number of rotatable bonds is 5. The third-order valence-electron chi connectivity index (χ3n) is 3.94. The Hall–Kier alpha value is -2.05. The minimum absolute atomic E-state index is 0.0964. The minimum Gasteiger partial charge on any atom is -0.478 e. The number of hydrogen-bond donors (Lipinski definition) is 1. The number of aromatic carboxylic acids is 1. The van der Waals surface area contributed by atoms with Gasteiger partial charge in [-0.15, -0.1) is 0 Å². The maximum atomic E-state index is 13.5. The fourth-order valence-electron chi connectivity index (χ4n) is 2.59. The summed E-state index contributed by atoms with van der Waals surface area (Å²) in [5.41, 5.74) is 0.707. The minimum atomic E-state index is -4.66. The van der Waals surface area contributed by atoms with Crippen LogP contribution in [0.15, 0.2) is 36.4 Å². The normalized spacial score (nSPS) is 13.1. The largest absolute Gasteiger partial charge is 0.478 e. The Morgan fingerprint density at radius 3 is 2.26 bits per heavy atom. The highest BCUT2D eigenvalue weighted by atomic mass is 35.5. The van der Waals surface area contributed by atoms with Crippen molar-refractivity contribution in [2.75, 3.05) is 0 Å². The van der Waals surface area contributed by atoms with Crippen LogP contribution in [0.3, 0.4) is 0 Å². The van der Waals surface area contributed by atoms with Crippen LogP contribution in [-0.2, 0) is 6.42 Å². The van der Waals surface area contributed by atoms with E-state index >= 15 is 0 Å². The quantitative estimate of drug-likeness (QED) is 0.428. The molecule has 0 unspecified atom stereocenters. The molecule has 27 heavy (non-hydrogen) atoms. The van der Waals surface area contributed by atoms with Crippen LogP contribution in [0.5, 0.6) is 0 Å². The van der Waals surface area contributed by atoms with E-state index in [0.717, 1.165) is 18.2 Å². The van der Waals surface area contributed by atoms with Gasteiger partial charge in [0.05, 0.1) is 21.5 Å². The highest BCUT2D eigenvalue weighted by Crippen LogP contribution is 2.39. The van der Waals surface area contributed by atoms with Gasteiger partial charge in [0, 0.05) is 0 Å². The molecule has 0 saturated carbocycles. The first-order valence-electron chi connectivity index (χ1n) is 7.80. The highest BCUT2D eigenvalue weighted by molar-refractivity contribution is 6.35.